The molecule has 0 heterocycles. The average molecular weight is 256 g/mol. The normalized spacial score (nSPS) is 12.5. The lowest BCUT2D eigenvalue weighted by atomic mass is 9.97. The molecule has 0 fully saturated rings. The Balaban J connectivity index is 2.75. The summed E-state index contributed by atoms with van der Waals surface area (Å²) in [6.45, 7) is 2.56. The molecule has 1 atom stereocenters. The molecule has 0 radical (unpaired) electrons. The largest absolute Gasteiger partial charge is 0.356 e. The van der Waals surface area contributed by atoms with E-state index >= 15 is 0 Å². The molecule has 0 aliphatic rings. The van der Waals surface area contributed by atoms with Crippen molar-refractivity contribution in [1.29, 1.82) is 0 Å². The summed E-state index contributed by atoms with van der Waals surface area (Å²) in [4.78, 5) is 11.7. The highest BCUT2D eigenvalue weighted by Gasteiger charge is 2.17. The average Bonchev–Trinajstić information content (AvgIpc) is 2.36. The summed E-state index contributed by atoms with van der Waals surface area (Å²) in [6, 6.07) is 6.10. The van der Waals surface area contributed by atoms with Gasteiger partial charge in [0.2, 0.25) is 5.91 Å². The van der Waals surface area contributed by atoms with Crippen LogP contribution in [0.1, 0.15) is 24.5 Å². The molecule has 100 valence electrons. The van der Waals surface area contributed by atoms with Gasteiger partial charge in [-0.15, -0.1) is 0 Å². The molecule has 18 heavy (non-hydrogen) atoms. The zero-order valence-electron chi connectivity index (χ0n) is 10.3. The second kappa shape index (κ2) is 7.06. The zero-order valence-corrected chi connectivity index (χ0v) is 10.3. The Bertz CT molecular complexity index is 396. The number of carbonyl (C=O) groups is 1. The maximum absolute atomic E-state index is 12.5. The van der Waals surface area contributed by atoms with E-state index in [1.807, 2.05) is 6.92 Å². The van der Waals surface area contributed by atoms with Crippen molar-refractivity contribution in [3.63, 3.8) is 0 Å². The van der Waals surface area contributed by atoms with Crippen LogP contribution < -0.4 is 11.1 Å². The van der Waals surface area contributed by atoms with Crippen molar-refractivity contribution in [3.05, 3.63) is 35.4 Å². The molecular formula is C13H18F2N2O. The Morgan fingerprint density at radius 3 is 2.72 bits per heavy atom. The highest BCUT2D eigenvalue weighted by Crippen LogP contribution is 2.20. The first-order valence-electron chi connectivity index (χ1n) is 5.93. The van der Waals surface area contributed by atoms with Gasteiger partial charge in [0.25, 0.3) is 6.43 Å². The van der Waals surface area contributed by atoms with Gasteiger partial charge in [-0.05, 0) is 18.9 Å². The van der Waals surface area contributed by atoms with E-state index in [0.717, 1.165) is 0 Å². The fourth-order valence-corrected chi connectivity index (χ4v) is 1.74. The van der Waals surface area contributed by atoms with Crippen molar-refractivity contribution in [3.8, 4) is 0 Å². The molecule has 0 aromatic heterocycles. The Morgan fingerprint density at radius 2 is 2.17 bits per heavy atom. The third kappa shape index (κ3) is 4.07. The SMILES string of the molecule is CCNC(=O)C(CN)Cc1cccc(C(F)F)c1. The van der Waals surface area contributed by atoms with E-state index < -0.39 is 6.43 Å². The quantitative estimate of drug-likeness (QED) is 0.816. The van der Waals surface area contributed by atoms with E-state index in [2.05, 4.69) is 5.32 Å². The van der Waals surface area contributed by atoms with Crippen LogP contribution in [0.2, 0.25) is 0 Å². The minimum absolute atomic E-state index is 0.0285. The van der Waals surface area contributed by atoms with Crippen LogP contribution in [0.4, 0.5) is 8.78 Å². The van der Waals surface area contributed by atoms with Crippen LogP contribution in [0.3, 0.4) is 0 Å². The number of rotatable bonds is 6. The lowest BCUT2D eigenvalue weighted by Gasteiger charge is -2.14. The molecule has 1 rings (SSSR count). The molecular weight excluding hydrogens is 238 g/mol. The smallest absolute Gasteiger partial charge is 0.263 e. The molecule has 5 heteroatoms. The number of nitrogens with two attached hydrogens (primary N) is 1. The van der Waals surface area contributed by atoms with Crippen molar-refractivity contribution in [1.82, 2.24) is 5.32 Å². The molecule has 1 unspecified atom stereocenters. The van der Waals surface area contributed by atoms with Crippen molar-refractivity contribution >= 4 is 5.91 Å². The molecule has 3 nitrogen and oxygen atoms in total. The fraction of sp³-hybridized carbons (Fsp3) is 0.462. The van der Waals surface area contributed by atoms with Gasteiger partial charge in [0, 0.05) is 18.7 Å². The summed E-state index contributed by atoms with van der Waals surface area (Å²) in [7, 11) is 0. The van der Waals surface area contributed by atoms with Gasteiger partial charge in [-0.2, -0.15) is 0 Å². The molecule has 0 saturated carbocycles. The van der Waals surface area contributed by atoms with E-state index in [4.69, 9.17) is 5.73 Å². The van der Waals surface area contributed by atoms with Crippen molar-refractivity contribution in [2.45, 2.75) is 19.8 Å². The zero-order chi connectivity index (χ0) is 13.5. The van der Waals surface area contributed by atoms with Crippen LogP contribution in [-0.2, 0) is 11.2 Å². The maximum Gasteiger partial charge on any atom is 0.263 e. The van der Waals surface area contributed by atoms with Gasteiger partial charge in [0.1, 0.15) is 0 Å². The Hall–Kier alpha value is -1.49. The number of hydrogen-bond acceptors (Lipinski definition) is 2. The third-order valence-electron chi connectivity index (χ3n) is 2.69. The second-order valence-electron chi connectivity index (χ2n) is 4.08. The summed E-state index contributed by atoms with van der Waals surface area (Å²) >= 11 is 0. The predicted octanol–water partition coefficient (Wildman–Crippen LogP) is 1.88. The van der Waals surface area contributed by atoms with E-state index in [1.165, 1.54) is 12.1 Å². The van der Waals surface area contributed by atoms with Gasteiger partial charge in [0.05, 0.1) is 5.92 Å². The second-order valence-corrected chi connectivity index (χ2v) is 4.08. The Morgan fingerprint density at radius 1 is 1.44 bits per heavy atom. The third-order valence-corrected chi connectivity index (χ3v) is 2.69. The number of hydrogen-bond donors (Lipinski definition) is 2. The lowest BCUT2D eigenvalue weighted by molar-refractivity contribution is -0.124. The summed E-state index contributed by atoms with van der Waals surface area (Å²) in [5.74, 6) is -0.514. The van der Waals surface area contributed by atoms with Gasteiger partial charge >= 0.3 is 0 Å². The fourth-order valence-electron chi connectivity index (χ4n) is 1.74. The summed E-state index contributed by atoms with van der Waals surface area (Å²) in [6.07, 6.45) is -2.12. The van der Waals surface area contributed by atoms with Crippen LogP contribution in [0.5, 0.6) is 0 Å². The topological polar surface area (TPSA) is 55.1 Å². The van der Waals surface area contributed by atoms with Crippen LogP contribution >= 0.6 is 0 Å². The van der Waals surface area contributed by atoms with Gasteiger partial charge < -0.3 is 11.1 Å². The first-order valence-corrected chi connectivity index (χ1v) is 5.93. The first-order chi connectivity index (χ1) is 8.58. The van der Waals surface area contributed by atoms with Crippen LogP contribution in [0, 0.1) is 5.92 Å². The van der Waals surface area contributed by atoms with Crippen molar-refractivity contribution < 1.29 is 13.6 Å². The van der Waals surface area contributed by atoms with Gasteiger partial charge in [-0.3, -0.25) is 4.79 Å². The molecule has 0 bridgehead atoms. The number of amides is 1. The molecule has 1 aromatic carbocycles. The molecule has 1 aromatic rings. The number of halogens is 2. The van der Waals surface area contributed by atoms with E-state index in [9.17, 15) is 13.6 Å². The molecule has 0 saturated heterocycles. The minimum atomic E-state index is -2.49. The van der Waals surface area contributed by atoms with Gasteiger partial charge in [-0.25, -0.2) is 8.78 Å². The molecule has 0 spiro atoms. The minimum Gasteiger partial charge on any atom is -0.356 e. The van der Waals surface area contributed by atoms with E-state index in [-0.39, 0.29) is 23.9 Å². The van der Waals surface area contributed by atoms with Crippen LogP contribution in [-0.4, -0.2) is 19.0 Å². The monoisotopic (exact) mass is 256 g/mol. The van der Waals surface area contributed by atoms with Gasteiger partial charge in [-0.1, -0.05) is 24.3 Å². The Labute approximate surface area is 105 Å². The summed E-state index contributed by atoms with van der Waals surface area (Å²) in [5.41, 5.74) is 6.22. The standard InChI is InChI=1S/C13H18F2N2O/c1-2-17-13(18)11(8-16)7-9-4-3-5-10(6-9)12(14)15/h3-6,11-12H,2,7-8,16H2,1H3,(H,17,18). The highest BCUT2D eigenvalue weighted by molar-refractivity contribution is 5.79. The number of alkyl halides is 2. The lowest BCUT2D eigenvalue weighted by Crippen LogP contribution is -2.36. The van der Waals surface area contributed by atoms with Crippen molar-refractivity contribution in [2.24, 2.45) is 11.7 Å². The molecule has 1 amide bonds. The Kier molecular flexibility index (Phi) is 5.71. The number of nitrogens with one attached hydrogen (secondary N) is 1. The van der Waals surface area contributed by atoms with Gasteiger partial charge in [0.15, 0.2) is 0 Å². The van der Waals surface area contributed by atoms with E-state index in [0.29, 0.717) is 18.5 Å². The van der Waals surface area contributed by atoms with Crippen LogP contribution in [0.25, 0.3) is 0 Å². The first kappa shape index (κ1) is 14.6. The number of carbonyl (C=O) groups excluding carboxylic acids is 1. The predicted molar refractivity (Wildman–Crippen MR) is 66.3 cm³/mol. The maximum atomic E-state index is 12.5. The summed E-state index contributed by atoms with van der Waals surface area (Å²) < 4.78 is 25.1. The molecule has 0 aliphatic heterocycles. The van der Waals surface area contributed by atoms with Crippen LogP contribution in [0.15, 0.2) is 24.3 Å². The number of benzene rings is 1. The highest BCUT2D eigenvalue weighted by atomic mass is 19.3. The molecule has 3 N–H and O–H groups in total. The van der Waals surface area contributed by atoms with Crippen molar-refractivity contribution in [2.75, 3.05) is 13.1 Å². The van der Waals surface area contributed by atoms with E-state index in [1.54, 1.807) is 12.1 Å². The summed E-state index contributed by atoms with van der Waals surface area (Å²) in [5, 5.41) is 2.69. The molecule has 0 aliphatic carbocycles.